The molecular formula is C60H44N2O. The highest BCUT2D eigenvalue weighted by Gasteiger charge is 2.46. The fraction of sp³-hybridized carbons (Fsp3) is 0.0667. The van der Waals surface area contributed by atoms with Crippen LogP contribution < -0.4 is 9.80 Å². The molecular weight excluding hydrogens is 765 g/mol. The minimum absolute atomic E-state index is 0.285. The molecule has 0 radical (unpaired) electrons. The molecule has 3 heteroatoms. The van der Waals surface area contributed by atoms with Crippen LogP contribution in [-0.4, -0.2) is 0 Å². The fourth-order valence-corrected chi connectivity index (χ4v) is 10.7. The number of benzene rings is 9. The monoisotopic (exact) mass is 808 g/mol. The predicted octanol–water partition coefficient (Wildman–Crippen LogP) is 16.0. The van der Waals surface area contributed by atoms with Crippen LogP contribution in [0.1, 0.15) is 58.4 Å². The molecule has 0 saturated heterocycles. The molecule has 2 aliphatic rings. The van der Waals surface area contributed by atoms with E-state index in [1.54, 1.807) is 0 Å². The van der Waals surface area contributed by atoms with E-state index in [9.17, 15) is 0 Å². The summed E-state index contributed by atoms with van der Waals surface area (Å²) in [6.45, 7) is 4.75. The lowest BCUT2D eigenvalue weighted by Crippen LogP contribution is -2.35. The number of anilines is 6. The summed E-state index contributed by atoms with van der Waals surface area (Å²) in [5, 5.41) is 2.16. The molecule has 2 heterocycles. The number of fused-ring (bicyclic) bond motifs is 8. The molecule has 3 nitrogen and oxygen atoms in total. The number of hydrogen-bond donors (Lipinski definition) is 0. The fourth-order valence-electron chi connectivity index (χ4n) is 10.7. The van der Waals surface area contributed by atoms with Crippen LogP contribution in [0.3, 0.4) is 0 Å². The minimum Gasteiger partial charge on any atom is -0.455 e. The van der Waals surface area contributed by atoms with Gasteiger partial charge >= 0.3 is 0 Å². The lowest BCUT2D eigenvalue weighted by atomic mass is 9.62. The van der Waals surface area contributed by atoms with Crippen molar-refractivity contribution in [2.24, 2.45) is 0 Å². The van der Waals surface area contributed by atoms with Crippen LogP contribution in [0.15, 0.2) is 223 Å². The van der Waals surface area contributed by atoms with Gasteiger partial charge in [-0.2, -0.15) is 0 Å². The van der Waals surface area contributed by atoms with E-state index in [1.807, 2.05) is 0 Å². The number of nitrogens with zero attached hydrogens (tertiary/aromatic N) is 2. The van der Waals surface area contributed by atoms with Crippen LogP contribution in [-0.2, 0) is 10.8 Å². The maximum Gasteiger partial charge on any atom is 0.145 e. The zero-order valence-electron chi connectivity index (χ0n) is 35.2. The summed E-state index contributed by atoms with van der Waals surface area (Å²) in [6, 6.07) is 79.5. The number of hydrogen-bond acceptors (Lipinski definition) is 3. The van der Waals surface area contributed by atoms with Crippen LogP contribution in [0.4, 0.5) is 34.1 Å². The van der Waals surface area contributed by atoms with Gasteiger partial charge in [-0.25, -0.2) is 0 Å². The third-order valence-electron chi connectivity index (χ3n) is 13.5. The first kappa shape index (κ1) is 36.9. The molecule has 0 fully saturated rings. The van der Waals surface area contributed by atoms with Gasteiger partial charge in [0.25, 0.3) is 0 Å². The quantitative estimate of drug-likeness (QED) is 0.167. The molecule has 0 bridgehead atoms. The first-order valence-electron chi connectivity index (χ1n) is 21.9. The summed E-state index contributed by atoms with van der Waals surface area (Å²) in [6.07, 6.45) is 4.68. The Labute approximate surface area is 368 Å². The van der Waals surface area contributed by atoms with Gasteiger partial charge in [0.2, 0.25) is 0 Å². The van der Waals surface area contributed by atoms with Gasteiger partial charge in [-0.1, -0.05) is 178 Å². The molecule has 9 aromatic carbocycles. The van der Waals surface area contributed by atoms with Gasteiger partial charge in [-0.3, -0.25) is 0 Å². The van der Waals surface area contributed by atoms with Gasteiger partial charge in [-0.05, 0) is 106 Å². The van der Waals surface area contributed by atoms with Crippen LogP contribution >= 0.6 is 0 Å². The predicted molar refractivity (Wildman–Crippen MR) is 262 cm³/mol. The average molecular weight is 809 g/mol. The maximum absolute atomic E-state index is 7.20. The van der Waals surface area contributed by atoms with E-state index in [2.05, 4.69) is 254 Å². The van der Waals surface area contributed by atoms with Crippen LogP contribution in [0.25, 0.3) is 34.1 Å². The Morgan fingerprint density at radius 2 is 1.02 bits per heavy atom. The van der Waals surface area contributed by atoms with E-state index in [0.717, 1.165) is 55.8 Å². The van der Waals surface area contributed by atoms with E-state index < -0.39 is 5.41 Å². The van der Waals surface area contributed by atoms with Crippen molar-refractivity contribution in [1.29, 1.82) is 0 Å². The number of rotatable bonds is 6. The van der Waals surface area contributed by atoms with Crippen molar-refractivity contribution in [3.63, 3.8) is 0 Å². The maximum atomic E-state index is 7.20. The SMILES string of the molecule is CC1(C)c2ccccc2N(c2ccccc2)c2cc3c(cc21)C=Cc1c(cc(N(c2ccccc2)c2ccccc2)c2c1oc1ccccc12)C3(c1ccccc1)c1ccccc1. The third-order valence-corrected chi connectivity index (χ3v) is 13.5. The van der Waals surface area contributed by atoms with Crippen molar-refractivity contribution in [3.8, 4) is 0 Å². The minimum atomic E-state index is -0.809. The van der Waals surface area contributed by atoms with Crippen molar-refractivity contribution >= 4 is 68.2 Å². The molecule has 1 aromatic heterocycles. The first-order chi connectivity index (χ1) is 31.0. The topological polar surface area (TPSA) is 19.6 Å². The van der Waals surface area contributed by atoms with Crippen LogP contribution in [0.2, 0.25) is 0 Å². The van der Waals surface area contributed by atoms with Crippen molar-refractivity contribution < 1.29 is 4.42 Å². The largest absolute Gasteiger partial charge is 0.455 e. The molecule has 12 rings (SSSR count). The summed E-state index contributed by atoms with van der Waals surface area (Å²) in [5.74, 6) is 0. The molecule has 0 saturated carbocycles. The Morgan fingerprint density at radius 1 is 0.460 bits per heavy atom. The van der Waals surface area contributed by atoms with E-state index in [1.165, 1.54) is 44.8 Å². The second kappa shape index (κ2) is 14.4. The summed E-state index contributed by atoms with van der Waals surface area (Å²) in [5.41, 5.74) is 16.9. The van der Waals surface area contributed by atoms with Gasteiger partial charge in [-0.15, -0.1) is 0 Å². The lowest BCUT2D eigenvalue weighted by Gasteiger charge is -2.44. The molecule has 0 unspecified atom stereocenters. The van der Waals surface area contributed by atoms with Crippen LogP contribution in [0, 0.1) is 0 Å². The van der Waals surface area contributed by atoms with Gasteiger partial charge in [0, 0.05) is 33.4 Å². The normalized spacial score (nSPS) is 14.3. The van der Waals surface area contributed by atoms with E-state index >= 15 is 0 Å². The molecule has 0 amide bonds. The molecule has 0 N–H and O–H groups in total. The molecule has 0 spiro atoms. The van der Waals surface area contributed by atoms with Crippen LogP contribution in [0.5, 0.6) is 0 Å². The van der Waals surface area contributed by atoms with E-state index in [4.69, 9.17) is 4.42 Å². The van der Waals surface area contributed by atoms with Crippen molar-refractivity contribution in [2.45, 2.75) is 24.7 Å². The first-order valence-corrected chi connectivity index (χ1v) is 21.9. The standard InChI is InChI=1S/C60H44N2O/c1-59(2)49-33-19-20-34-53(49)62(46-30-16-7-17-31-46)54-39-50-41(38-52(54)59)36-37-47-51(60(50,42-22-8-3-9-23-42)43-24-10-4-11-25-43)40-55(57-48-32-18-21-35-56(48)63-58(47)57)61(44-26-12-5-13-27-44)45-28-14-6-15-29-45/h3-40H,1-2H3. The summed E-state index contributed by atoms with van der Waals surface area (Å²) in [7, 11) is 0. The second-order valence-electron chi connectivity index (χ2n) is 17.3. The zero-order valence-corrected chi connectivity index (χ0v) is 35.2. The van der Waals surface area contributed by atoms with E-state index in [-0.39, 0.29) is 5.41 Å². The highest BCUT2D eigenvalue weighted by Crippen LogP contribution is 2.58. The molecule has 300 valence electrons. The van der Waals surface area contributed by atoms with E-state index in [0.29, 0.717) is 0 Å². The van der Waals surface area contributed by atoms with Gasteiger partial charge < -0.3 is 14.2 Å². The Hall–Kier alpha value is -7.88. The summed E-state index contributed by atoms with van der Waals surface area (Å²) >= 11 is 0. The summed E-state index contributed by atoms with van der Waals surface area (Å²) < 4.78 is 7.20. The summed E-state index contributed by atoms with van der Waals surface area (Å²) in [4.78, 5) is 4.89. The highest BCUT2D eigenvalue weighted by molar-refractivity contribution is 6.16. The molecule has 63 heavy (non-hydrogen) atoms. The molecule has 0 atom stereocenters. The average Bonchev–Trinajstić information content (AvgIpc) is 3.67. The Morgan fingerprint density at radius 3 is 1.67 bits per heavy atom. The van der Waals surface area contributed by atoms with Crippen molar-refractivity contribution in [2.75, 3.05) is 9.80 Å². The molecule has 1 aliphatic carbocycles. The zero-order chi connectivity index (χ0) is 42.1. The van der Waals surface area contributed by atoms with Crippen molar-refractivity contribution in [3.05, 3.63) is 263 Å². The van der Waals surface area contributed by atoms with Crippen molar-refractivity contribution in [1.82, 2.24) is 0 Å². The molecule has 10 aromatic rings. The Bertz CT molecular complexity index is 3270. The third kappa shape index (κ3) is 5.53. The highest BCUT2D eigenvalue weighted by atomic mass is 16.3. The smallest absolute Gasteiger partial charge is 0.145 e. The van der Waals surface area contributed by atoms with Gasteiger partial charge in [0.1, 0.15) is 11.2 Å². The Balaban J connectivity index is 1.27. The lowest BCUT2D eigenvalue weighted by molar-refractivity contribution is 0.629. The number of furan rings is 1. The van der Waals surface area contributed by atoms with Gasteiger partial charge in [0.05, 0.1) is 27.9 Å². The number of para-hydroxylation sites is 5. The van der Waals surface area contributed by atoms with Gasteiger partial charge in [0.15, 0.2) is 0 Å². The Kier molecular flexibility index (Phi) is 8.42. The second-order valence-corrected chi connectivity index (χ2v) is 17.3. The molecule has 1 aliphatic heterocycles.